The van der Waals surface area contributed by atoms with Crippen LogP contribution in [-0.2, 0) is 6.54 Å². The SMILES string of the molecule is CCn1c(Sc2ncnc3sc(C)c(C)c23)nnc1-c1ccncc1. The van der Waals surface area contributed by atoms with E-state index in [1.165, 1.54) is 10.4 Å². The van der Waals surface area contributed by atoms with Crippen LogP contribution in [0.4, 0.5) is 0 Å². The van der Waals surface area contributed by atoms with Crippen molar-refractivity contribution in [1.82, 2.24) is 29.7 Å². The van der Waals surface area contributed by atoms with Crippen molar-refractivity contribution in [3.8, 4) is 11.4 Å². The van der Waals surface area contributed by atoms with Crippen molar-refractivity contribution in [3.05, 3.63) is 41.3 Å². The summed E-state index contributed by atoms with van der Waals surface area (Å²) in [7, 11) is 0. The third-order valence-corrected chi connectivity index (χ3v) is 6.19. The molecular weight excluding hydrogens is 352 g/mol. The lowest BCUT2D eigenvalue weighted by Crippen LogP contribution is -2.00. The maximum atomic E-state index is 4.50. The smallest absolute Gasteiger partial charge is 0.197 e. The van der Waals surface area contributed by atoms with Crippen molar-refractivity contribution in [1.29, 1.82) is 0 Å². The standard InChI is InChI=1S/C17H16N6S2/c1-4-23-14(12-5-7-18-8-6-12)21-22-17(23)25-16-13-10(2)11(3)24-15(13)19-9-20-16/h5-9H,4H2,1-3H3. The maximum absolute atomic E-state index is 4.50. The molecule has 0 unspecified atom stereocenters. The fourth-order valence-electron chi connectivity index (χ4n) is 2.68. The fourth-order valence-corrected chi connectivity index (χ4v) is 4.77. The molecule has 0 fully saturated rings. The van der Waals surface area contributed by atoms with Crippen molar-refractivity contribution in [2.45, 2.75) is 37.5 Å². The molecule has 6 nitrogen and oxygen atoms in total. The molecule has 0 spiro atoms. The van der Waals surface area contributed by atoms with E-state index in [4.69, 9.17) is 0 Å². The van der Waals surface area contributed by atoms with Crippen LogP contribution in [0.15, 0.2) is 41.0 Å². The van der Waals surface area contributed by atoms with Gasteiger partial charge in [0, 0.05) is 34.8 Å². The zero-order valence-electron chi connectivity index (χ0n) is 14.1. The Bertz CT molecular complexity index is 1040. The molecule has 0 amide bonds. The van der Waals surface area contributed by atoms with Crippen LogP contribution in [0.2, 0.25) is 0 Å². The van der Waals surface area contributed by atoms with E-state index < -0.39 is 0 Å². The van der Waals surface area contributed by atoms with Crippen LogP contribution in [0.5, 0.6) is 0 Å². The van der Waals surface area contributed by atoms with Gasteiger partial charge in [-0.1, -0.05) is 0 Å². The molecule has 8 heteroatoms. The van der Waals surface area contributed by atoms with Crippen LogP contribution in [0.25, 0.3) is 21.6 Å². The Kier molecular flexibility index (Phi) is 4.22. The van der Waals surface area contributed by atoms with Crippen LogP contribution in [0, 0.1) is 13.8 Å². The van der Waals surface area contributed by atoms with Gasteiger partial charge < -0.3 is 4.57 Å². The van der Waals surface area contributed by atoms with E-state index in [1.807, 2.05) is 12.1 Å². The second kappa shape index (κ2) is 6.53. The van der Waals surface area contributed by atoms with Crippen molar-refractivity contribution in [2.24, 2.45) is 0 Å². The molecule has 126 valence electrons. The normalized spacial score (nSPS) is 11.3. The van der Waals surface area contributed by atoms with Crippen molar-refractivity contribution in [3.63, 3.8) is 0 Å². The summed E-state index contributed by atoms with van der Waals surface area (Å²) in [6, 6.07) is 3.89. The van der Waals surface area contributed by atoms with Gasteiger partial charge in [0.1, 0.15) is 16.2 Å². The molecule has 0 aromatic carbocycles. The van der Waals surface area contributed by atoms with E-state index in [1.54, 1.807) is 41.8 Å². The molecule has 0 aliphatic carbocycles. The van der Waals surface area contributed by atoms with Gasteiger partial charge in [0.2, 0.25) is 0 Å². The molecule has 0 saturated carbocycles. The van der Waals surface area contributed by atoms with Gasteiger partial charge in [0.05, 0.1) is 0 Å². The molecule has 0 aliphatic heterocycles. The van der Waals surface area contributed by atoms with Gasteiger partial charge in [-0.2, -0.15) is 0 Å². The minimum atomic E-state index is 0.781. The first kappa shape index (κ1) is 16.2. The molecule has 0 atom stereocenters. The van der Waals surface area contributed by atoms with Crippen molar-refractivity contribution < 1.29 is 0 Å². The third-order valence-electron chi connectivity index (χ3n) is 4.09. The van der Waals surface area contributed by atoms with Crippen LogP contribution in [0.3, 0.4) is 0 Å². The Labute approximate surface area is 153 Å². The highest BCUT2D eigenvalue weighted by atomic mass is 32.2. The van der Waals surface area contributed by atoms with Crippen LogP contribution in [0.1, 0.15) is 17.4 Å². The lowest BCUT2D eigenvalue weighted by molar-refractivity contribution is 0.687. The zero-order chi connectivity index (χ0) is 17.4. The average Bonchev–Trinajstić information content (AvgIpc) is 3.17. The minimum Gasteiger partial charge on any atom is -0.302 e. The number of aryl methyl sites for hydroxylation is 2. The number of pyridine rings is 1. The molecule has 0 saturated heterocycles. The molecule has 4 heterocycles. The predicted molar refractivity (Wildman–Crippen MR) is 99.9 cm³/mol. The van der Waals surface area contributed by atoms with Gasteiger partial charge >= 0.3 is 0 Å². The van der Waals surface area contributed by atoms with Gasteiger partial charge in [-0.15, -0.1) is 21.5 Å². The molecule has 4 aromatic rings. The molecule has 25 heavy (non-hydrogen) atoms. The van der Waals surface area contributed by atoms with E-state index in [2.05, 4.69) is 50.5 Å². The highest BCUT2D eigenvalue weighted by molar-refractivity contribution is 7.99. The van der Waals surface area contributed by atoms with Gasteiger partial charge in [-0.25, -0.2) is 9.97 Å². The Morgan fingerprint density at radius 3 is 2.68 bits per heavy atom. The summed E-state index contributed by atoms with van der Waals surface area (Å²) in [4.78, 5) is 15.3. The number of aromatic nitrogens is 6. The lowest BCUT2D eigenvalue weighted by Gasteiger charge is -2.07. The highest BCUT2D eigenvalue weighted by Crippen LogP contribution is 2.37. The maximum Gasteiger partial charge on any atom is 0.197 e. The summed E-state index contributed by atoms with van der Waals surface area (Å²) in [6.45, 7) is 7.11. The number of hydrogen-bond acceptors (Lipinski definition) is 7. The molecule has 4 rings (SSSR count). The number of rotatable bonds is 4. The molecular formula is C17H16N6S2. The Balaban J connectivity index is 1.79. The molecule has 4 aromatic heterocycles. The van der Waals surface area contributed by atoms with Crippen LogP contribution in [-0.4, -0.2) is 29.7 Å². The Morgan fingerprint density at radius 1 is 1.12 bits per heavy atom. The highest BCUT2D eigenvalue weighted by Gasteiger charge is 2.18. The zero-order valence-corrected chi connectivity index (χ0v) is 15.7. The number of fused-ring (bicyclic) bond motifs is 1. The summed E-state index contributed by atoms with van der Waals surface area (Å²) < 4.78 is 2.10. The van der Waals surface area contributed by atoms with Gasteiger partial charge in [0.15, 0.2) is 11.0 Å². The second-order valence-corrected chi connectivity index (χ2v) is 7.69. The van der Waals surface area contributed by atoms with Gasteiger partial charge in [-0.3, -0.25) is 4.98 Å². The summed E-state index contributed by atoms with van der Waals surface area (Å²) in [6.07, 6.45) is 5.15. The van der Waals surface area contributed by atoms with E-state index in [0.29, 0.717) is 0 Å². The fraction of sp³-hybridized carbons (Fsp3) is 0.235. The topological polar surface area (TPSA) is 69.4 Å². The summed E-state index contributed by atoms with van der Waals surface area (Å²) in [5.74, 6) is 0.843. The van der Waals surface area contributed by atoms with E-state index in [9.17, 15) is 0 Å². The first-order valence-corrected chi connectivity index (χ1v) is 9.54. The molecule has 0 aliphatic rings. The monoisotopic (exact) mass is 368 g/mol. The molecule has 0 radical (unpaired) electrons. The second-order valence-electron chi connectivity index (χ2n) is 5.53. The number of thiophene rings is 1. The van der Waals surface area contributed by atoms with Gasteiger partial charge in [-0.05, 0) is 50.2 Å². The lowest BCUT2D eigenvalue weighted by atomic mass is 10.2. The Hall–Kier alpha value is -2.32. The summed E-state index contributed by atoms with van der Waals surface area (Å²) >= 11 is 3.24. The summed E-state index contributed by atoms with van der Waals surface area (Å²) in [5, 5.41) is 11.7. The first-order valence-electron chi connectivity index (χ1n) is 7.91. The van der Waals surface area contributed by atoms with E-state index >= 15 is 0 Å². The van der Waals surface area contributed by atoms with Gasteiger partial charge in [0.25, 0.3) is 0 Å². The van der Waals surface area contributed by atoms with Crippen molar-refractivity contribution >= 4 is 33.3 Å². The Morgan fingerprint density at radius 2 is 1.92 bits per heavy atom. The van der Waals surface area contributed by atoms with Crippen molar-refractivity contribution in [2.75, 3.05) is 0 Å². The third kappa shape index (κ3) is 2.81. The number of nitrogens with zero attached hydrogens (tertiary/aromatic N) is 6. The molecule has 0 N–H and O–H groups in total. The molecule has 0 bridgehead atoms. The average molecular weight is 368 g/mol. The van der Waals surface area contributed by atoms with Crippen LogP contribution < -0.4 is 0 Å². The van der Waals surface area contributed by atoms with E-state index in [0.717, 1.165) is 38.3 Å². The quantitative estimate of drug-likeness (QED) is 0.504. The first-order chi connectivity index (χ1) is 12.2. The predicted octanol–water partition coefficient (Wildman–Crippen LogP) is 4.13. The van der Waals surface area contributed by atoms with E-state index in [-0.39, 0.29) is 0 Å². The minimum absolute atomic E-state index is 0.781. The summed E-state index contributed by atoms with van der Waals surface area (Å²) in [5.41, 5.74) is 2.24. The largest absolute Gasteiger partial charge is 0.302 e. The van der Waals surface area contributed by atoms with Crippen LogP contribution >= 0.6 is 23.1 Å². The number of hydrogen-bond donors (Lipinski definition) is 0.